The fourth-order valence-corrected chi connectivity index (χ4v) is 2.36. The van der Waals surface area contributed by atoms with Gasteiger partial charge in [0.05, 0.1) is 0 Å². The lowest BCUT2D eigenvalue weighted by Gasteiger charge is -2.22. The number of anilines is 1. The Morgan fingerprint density at radius 3 is 3.06 bits per heavy atom. The van der Waals surface area contributed by atoms with Crippen molar-refractivity contribution in [2.75, 3.05) is 18.4 Å². The topological polar surface area (TPSA) is 96.0 Å². The molecule has 2 rings (SSSR count). The van der Waals surface area contributed by atoms with Crippen molar-refractivity contribution in [2.24, 2.45) is 0 Å². The zero-order valence-electron chi connectivity index (χ0n) is 10.0. The molecule has 8 heteroatoms. The first kappa shape index (κ1) is 12.7. The molecule has 0 saturated carbocycles. The van der Waals surface area contributed by atoms with Crippen LogP contribution < -0.4 is 16.0 Å². The minimum absolute atomic E-state index is 0.0262. The van der Waals surface area contributed by atoms with Crippen LogP contribution in [0.2, 0.25) is 0 Å². The molecular weight excluding hydrogens is 254 g/mol. The number of nitrogens with zero attached hydrogens (tertiary/aromatic N) is 2. The van der Waals surface area contributed by atoms with Crippen LogP contribution in [0.4, 0.5) is 5.13 Å². The van der Waals surface area contributed by atoms with Crippen molar-refractivity contribution in [3.05, 3.63) is 5.01 Å². The fraction of sp³-hybridized carbons (Fsp3) is 0.600. The van der Waals surface area contributed by atoms with Gasteiger partial charge >= 0.3 is 0 Å². The predicted molar refractivity (Wildman–Crippen MR) is 67.6 cm³/mol. The van der Waals surface area contributed by atoms with Gasteiger partial charge in [0.2, 0.25) is 16.0 Å². The number of amides is 2. The number of nitrogens with one attached hydrogen (secondary N) is 3. The maximum atomic E-state index is 11.9. The molecule has 2 amide bonds. The maximum Gasteiger partial charge on any atom is 0.282 e. The summed E-state index contributed by atoms with van der Waals surface area (Å²) in [5, 5.41) is 17.2. The molecule has 0 bridgehead atoms. The molecule has 0 aliphatic carbocycles. The first-order valence-corrected chi connectivity index (χ1v) is 6.65. The van der Waals surface area contributed by atoms with Crippen molar-refractivity contribution in [3.63, 3.8) is 0 Å². The Balaban J connectivity index is 1.88. The second-order valence-electron chi connectivity index (χ2n) is 3.96. The van der Waals surface area contributed by atoms with Gasteiger partial charge in [0.1, 0.15) is 0 Å². The van der Waals surface area contributed by atoms with Crippen molar-refractivity contribution in [1.29, 1.82) is 0 Å². The summed E-state index contributed by atoms with van der Waals surface area (Å²) in [6, 6.07) is -0.0262. The number of carbonyl (C=O) groups excluding carboxylic acids is 2. The molecular formula is C10H15N5O2S. The molecule has 0 aromatic carbocycles. The number of hydrogen-bond acceptors (Lipinski definition) is 6. The smallest absolute Gasteiger partial charge is 0.282 e. The third-order valence-corrected chi connectivity index (χ3v) is 3.43. The van der Waals surface area contributed by atoms with Crippen LogP contribution in [-0.4, -0.2) is 41.1 Å². The van der Waals surface area contributed by atoms with Crippen LogP contribution in [0.3, 0.4) is 0 Å². The number of piperidine rings is 1. The Hall–Kier alpha value is -1.70. The number of aromatic nitrogens is 2. The van der Waals surface area contributed by atoms with Crippen LogP contribution in [0, 0.1) is 0 Å². The molecule has 2 heterocycles. The fourth-order valence-electron chi connectivity index (χ4n) is 1.64. The first-order chi connectivity index (χ1) is 8.69. The first-order valence-electron chi connectivity index (χ1n) is 5.84. The van der Waals surface area contributed by atoms with E-state index < -0.39 is 0 Å². The molecule has 7 nitrogen and oxygen atoms in total. The summed E-state index contributed by atoms with van der Waals surface area (Å²) in [6.45, 7) is 3.17. The Labute approximate surface area is 108 Å². The van der Waals surface area contributed by atoms with Crippen LogP contribution in [0.25, 0.3) is 0 Å². The minimum Gasteiger partial charge on any atom is -0.360 e. The van der Waals surface area contributed by atoms with Gasteiger partial charge in [-0.1, -0.05) is 11.3 Å². The predicted octanol–water partition coefficient (Wildman–Crippen LogP) is -0.0217. The van der Waals surface area contributed by atoms with Gasteiger partial charge in [-0.3, -0.25) is 9.59 Å². The molecule has 3 N–H and O–H groups in total. The van der Waals surface area contributed by atoms with Crippen LogP contribution in [0.1, 0.15) is 29.6 Å². The largest absolute Gasteiger partial charge is 0.360 e. The lowest BCUT2D eigenvalue weighted by Crippen LogP contribution is -2.47. The average molecular weight is 269 g/mol. The Bertz CT molecular complexity index is 437. The van der Waals surface area contributed by atoms with E-state index in [9.17, 15) is 9.59 Å². The lowest BCUT2D eigenvalue weighted by atomic mass is 10.1. The molecule has 1 aliphatic heterocycles. The zero-order chi connectivity index (χ0) is 13.0. The van der Waals surface area contributed by atoms with Gasteiger partial charge in [-0.05, 0) is 13.3 Å². The number of hydrogen-bond donors (Lipinski definition) is 3. The van der Waals surface area contributed by atoms with Crippen molar-refractivity contribution >= 4 is 28.3 Å². The van der Waals surface area contributed by atoms with E-state index in [-0.39, 0.29) is 17.9 Å². The summed E-state index contributed by atoms with van der Waals surface area (Å²) in [6.07, 6.45) is 1.11. The van der Waals surface area contributed by atoms with Gasteiger partial charge in [0.25, 0.3) is 5.91 Å². The van der Waals surface area contributed by atoms with E-state index in [4.69, 9.17) is 0 Å². The molecule has 98 valence electrons. The maximum absolute atomic E-state index is 11.9. The van der Waals surface area contributed by atoms with E-state index in [1.807, 2.05) is 6.92 Å². The Morgan fingerprint density at radius 1 is 1.56 bits per heavy atom. The molecule has 1 unspecified atom stereocenters. The molecule has 1 aromatic rings. The standard InChI is InChI=1S/C10H15N5O2S/c1-2-11-10-15-14-9(18-10)8(17)13-6-3-4-7(16)12-5-6/h6H,2-5H2,1H3,(H,11,15)(H,12,16)(H,13,17). The van der Waals surface area contributed by atoms with Gasteiger partial charge in [-0.2, -0.15) is 0 Å². The summed E-state index contributed by atoms with van der Waals surface area (Å²) in [5.41, 5.74) is 0. The normalized spacial score (nSPS) is 19.2. The van der Waals surface area contributed by atoms with Gasteiger partial charge in [-0.15, -0.1) is 10.2 Å². The quantitative estimate of drug-likeness (QED) is 0.714. The highest BCUT2D eigenvalue weighted by Gasteiger charge is 2.21. The van der Waals surface area contributed by atoms with Gasteiger partial charge in [0.15, 0.2) is 0 Å². The molecule has 1 saturated heterocycles. The molecule has 18 heavy (non-hydrogen) atoms. The van der Waals surface area contributed by atoms with Crippen molar-refractivity contribution in [3.8, 4) is 0 Å². The van der Waals surface area contributed by atoms with E-state index >= 15 is 0 Å². The minimum atomic E-state index is -0.238. The highest BCUT2D eigenvalue weighted by atomic mass is 32.1. The summed E-state index contributed by atoms with van der Waals surface area (Å²) in [5.74, 6) is -0.205. The van der Waals surface area contributed by atoms with Crippen molar-refractivity contribution in [1.82, 2.24) is 20.8 Å². The van der Waals surface area contributed by atoms with Crippen LogP contribution in [-0.2, 0) is 4.79 Å². The van der Waals surface area contributed by atoms with E-state index in [0.717, 1.165) is 6.54 Å². The van der Waals surface area contributed by atoms with Crippen LogP contribution >= 0.6 is 11.3 Å². The molecule has 1 fully saturated rings. The average Bonchev–Trinajstić information content (AvgIpc) is 2.81. The second kappa shape index (κ2) is 5.76. The van der Waals surface area contributed by atoms with Crippen LogP contribution in [0.5, 0.6) is 0 Å². The number of carbonyl (C=O) groups is 2. The Kier molecular flexibility index (Phi) is 4.08. The SMILES string of the molecule is CCNc1nnc(C(=O)NC2CCC(=O)NC2)s1. The molecule has 1 atom stereocenters. The molecule has 0 radical (unpaired) electrons. The monoisotopic (exact) mass is 269 g/mol. The summed E-state index contributed by atoms with van der Waals surface area (Å²) in [4.78, 5) is 22.9. The van der Waals surface area contributed by atoms with Crippen molar-refractivity contribution in [2.45, 2.75) is 25.8 Å². The third kappa shape index (κ3) is 3.16. The van der Waals surface area contributed by atoms with Gasteiger partial charge < -0.3 is 16.0 Å². The van der Waals surface area contributed by atoms with Gasteiger partial charge in [-0.25, -0.2) is 0 Å². The summed E-state index contributed by atoms with van der Waals surface area (Å²) in [7, 11) is 0. The third-order valence-electron chi connectivity index (χ3n) is 2.55. The highest BCUT2D eigenvalue weighted by Crippen LogP contribution is 2.15. The Morgan fingerprint density at radius 2 is 2.39 bits per heavy atom. The summed E-state index contributed by atoms with van der Waals surface area (Å²) < 4.78 is 0. The van der Waals surface area contributed by atoms with E-state index in [1.165, 1.54) is 11.3 Å². The number of rotatable bonds is 4. The van der Waals surface area contributed by atoms with Crippen LogP contribution in [0.15, 0.2) is 0 Å². The van der Waals surface area contributed by atoms with E-state index in [0.29, 0.717) is 29.5 Å². The highest BCUT2D eigenvalue weighted by molar-refractivity contribution is 7.17. The van der Waals surface area contributed by atoms with E-state index in [1.54, 1.807) is 0 Å². The molecule has 1 aromatic heterocycles. The van der Waals surface area contributed by atoms with Gasteiger partial charge in [0, 0.05) is 25.6 Å². The van der Waals surface area contributed by atoms with Crippen molar-refractivity contribution < 1.29 is 9.59 Å². The second-order valence-corrected chi connectivity index (χ2v) is 4.93. The zero-order valence-corrected chi connectivity index (χ0v) is 10.8. The lowest BCUT2D eigenvalue weighted by molar-refractivity contribution is -0.122. The van der Waals surface area contributed by atoms with E-state index in [2.05, 4.69) is 26.1 Å². The molecule has 0 spiro atoms. The molecule has 1 aliphatic rings. The summed E-state index contributed by atoms with van der Waals surface area (Å²) >= 11 is 1.22.